The molecule has 1 N–H and O–H groups in total. The smallest absolute Gasteiger partial charge is 0.234 e. The Bertz CT molecular complexity index is 1380. The summed E-state index contributed by atoms with van der Waals surface area (Å²) in [6, 6.07) is 18.2. The van der Waals surface area contributed by atoms with Crippen molar-refractivity contribution in [3.8, 4) is 5.69 Å². The molecular formula is C28H28FN5O. The summed E-state index contributed by atoms with van der Waals surface area (Å²) in [5, 5.41) is 9.04. The van der Waals surface area contributed by atoms with Crippen LogP contribution in [-0.2, 0) is 4.79 Å². The van der Waals surface area contributed by atoms with E-state index in [0.717, 1.165) is 28.9 Å². The van der Waals surface area contributed by atoms with Gasteiger partial charge in [-0.25, -0.2) is 14.1 Å². The zero-order valence-electron chi connectivity index (χ0n) is 19.9. The summed E-state index contributed by atoms with van der Waals surface area (Å²) in [6.45, 7) is 5.00. The molecule has 2 aromatic heterocycles. The minimum absolute atomic E-state index is 0.0318. The number of anilines is 1. The van der Waals surface area contributed by atoms with E-state index in [4.69, 9.17) is 4.98 Å². The second kappa shape index (κ2) is 8.27. The largest absolute Gasteiger partial charge is 0.310 e. The minimum Gasteiger partial charge on any atom is -0.310 e. The molecule has 0 bridgehead atoms. The molecule has 2 aliphatic rings. The van der Waals surface area contributed by atoms with Crippen LogP contribution in [-0.4, -0.2) is 33.3 Å². The molecule has 6 rings (SSSR count). The molecule has 1 saturated heterocycles. The molecule has 4 aromatic rings. The molecule has 1 saturated carbocycles. The van der Waals surface area contributed by atoms with Gasteiger partial charge in [0.05, 0.1) is 35.2 Å². The van der Waals surface area contributed by atoms with Crippen LogP contribution in [0.25, 0.3) is 16.7 Å². The van der Waals surface area contributed by atoms with Crippen molar-refractivity contribution in [2.75, 3.05) is 11.4 Å². The number of carbonyl (C=O) groups excluding carboxylic acids is 1. The minimum atomic E-state index is -0.581. The first-order valence-electron chi connectivity index (χ1n) is 12.2. The van der Waals surface area contributed by atoms with Gasteiger partial charge in [-0.3, -0.25) is 4.79 Å². The normalized spacial score (nSPS) is 21.7. The molecule has 35 heavy (non-hydrogen) atoms. The van der Waals surface area contributed by atoms with Gasteiger partial charge in [0.25, 0.3) is 0 Å². The van der Waals surface area contributed by atoms with Gasteiger partial charge in [0.1, 0.15) is 5.82 Å². The molecule has 6 nitrogen and oxygen atoms in total. The van der Waals surface area contributed by atoms with Crippen molar-refractivity contribution in [3.05, 3.63) is 84.4 Å². The van der Waals surface area contributed by atoms with E-state index in [9.17, 15) is 9.18 Å². The fourth-order valence-corrected chi connectivity index (χ4v) is 5.18. The molecule has 3 heterocycles. The number of hydrogen-bond donors (Lipinski definition) is 1. The van der Waals surface area contributed by atoms with Gasteiger partial charge in [0.2, 0.25) is 5.91 Å². The standard InChI is InChI=1S/C28H28FN5O/c1-28(2)25(30-15-18-8-9-18)24(19-6-4-3-5-7-19)33(27(28)35)23-14-20-16-32-34(26(20)31-17-23)22-12-10-21(29)11-13-22/h3-7,10-14,16-18,24-25,30H,8-9,15H2,1-2H3/t24-,25-/m1/s1. The molecule has 7 heteroatoms. The van der Waals surface area contributed by atoms with E-state index < -0.39 is 5.41 Å². The third kappa shape index (κ3) is 3.80. The van der Waals surface area contributed by atoms with Crippen molar-refractivity contribution in [2.45, 2.75) is 38.8 Å². The maximum absolute atomic E-state index is 13.9. The number of rotatable bonds is 6. The first-order valence-corrected chi connectivity index (χ1v) is 12.2. The number of carbonyl (C=O) groups is 1. The zero-order chi connectivity index (χ0) is 24.2. The number of benzene rings is 2. The van der Waals surface area contributed by atoms with Crippen molar-refractivity contribution in [2.24, 2.45) is 11.3 Å². The lowest BCUT2D eigenvalue weighted by atomic mass is 9.82. The van der Waals surface area contributed by atoms with Gasteiger partial charge >= 0.3 is 0 Å². The molecule has 0 unspecified atom stereocenters. The number of amides is 1. The highest BCUT2D eigenvalue weighted by Gasteiger charge is 2.54. The lowest BCUT2D eigenvalue weighted by Crippen LogP contribution is -2.44. The summed E-state index contributed by atoms with van der Waals surface area (Å²) in [7, 11) is 0. The summed E-state index contributed by atoms with van der Waals surface area (Å²) in [5.41, 5.74) is 2.65. The fourth-order valence-electron chi connectivity index (χ4n) is 5.18. The maximum atomic E-state index is 13.9. The number of fused-ring (bicyclic) bond motifs is 1. The van der Waals surface area contributed by atoms with Crippen LogP contribution in [0, 0.1) is 17.2 Å². The molecule has 2 fully saturated rings. The molecule has 0 radical (unpaired) electrons. The first-order chi connectivity index (χ1) is 16.9. The van der Waals surface area contributed by atoms with Crippen LogP contribution in [0.3, 0.4) is 0 Å². The third-order valence-corrected chi connectivity index (χ3v) is 7.35. The van der Waals surface area contributed by atoms with Crippen LogP contribution in [0.5, 0.6) is 0 Å². The number of hydrogen-bond acceptors (Lipinski definition) is 4. The fraction of sp³-hybridized carbons (Fsp3) is 0.321. The van der Waals surface area contributed by atoms with Crippen molar-refractivity contribution >= 4 is 22.6 Å². The Morgan fingerprint density at radius 2 is 1.77 bits per heavy atom. The van der Waals surface area contributed by atoms with Crippen molar-refractivity contribution < 1.29 is 9.18 Å². The van der Waals surface area contributed by atoms with Crippen LogP contribution in [0.15, 0.2) is 73.1 Å². The number of halogens is 1. The highest BCUT2D eigenvalue weighted by atomic mass is 19.1. The number of nitrogens with one attached hydrogen (secondary N) is 1. The van der Waals surface area contributed by atoms with Crippen LogP contribution in [0.4, 0.5) is 10.1 Å². The predicted octanol–water partition coefficient (Wildman–Crippen LogP) is 5.04. The second-order valence-electron chi connectivity index (χ2n) is 10.2. The predicted molar refractivity (Wildman–Crippen MR) is 134 cm³/mol. The van der Waals surface area contributed by atoms with Crippen LogP contribution >= 0.6 is 0 Å². The quantitative estimate of drug-likeness (QED) is 0.430. The topological polar surface area (TPSA) is 63.1 Å². The van der Waals surface area contributed by atoms with Gasteiger partial charge in [-0.1, -0.05) is 30.3 Å². The van der Waals surface area contributed by atoms with Gasteiger partial charge in [0, 0.05) is 11.4 Å². The highest BCUT2D eigenvalue weighted by molar-refractivity contribution is 6.02. The van der Waals surface area contributed by atoms with Crippen molar-refractivity contribution in [3.63, 3.8) is 0 Å². The first kappa shape index (κ1) is 21.9. The maximum Gasteiger partial charge on any atom is 0.234 e. The summed E-state index contributed by atoms with van der Waals surface area (Å²) in [5.74, 6) is 0.487. The molecule has 1 amide bonds. The molecule has 178 valence electrons. The van der Waals surface area contributed by atoms with E-state index >= 15 is 0 Å². The SMILES string of the molecule is CC1(C)C(=O)N(c2cnc3c(cnn3-c3ccc(F)cc3)c2)[C@H](c2ccccc2)[C@H]1NCC1CC1. The van der Waals surface area contributed by atoms with E-state index in [1.807, 2.05) is 43.0 Å². The Morgan fingerprint density at radius 1 is 1.03 bits per heavy atom. The summed E-state index contributed by atoms with van der Waals surface area (Å²) < 4.78 is 15.1. The van der Waals surface area contributed by atoms with E-state index in [2.05, 4.69) is 22.5 Å². The molecule has 0 spiro atoms. The van der Waals surface area contributed by atoms with Crippen LogP contribution in [0.1, 0.15) is 38.3 Å². The van der Waals surface area contributed by atoms with Gasteiger partial charge in [-0.05, 0) is 75.0 Å². The van der Waals surface area contributed by atoms with E-state index in [-0.39, 0.29) is 23.8 Å². The number of pyridine rings is 1. The Kier molecular flexibility index (Phi) is 5.18. The van der Waals surface area contributed by atoms with E-state index in [1.54, 1.807) is 29.2 Å². The van der Waals surface area contributed by atoms with E-state index in [0.29, 0.717) is 11.6 Å². The average Bonchev–Trinajstić information content (AvgIpc) is 3.56. The lowest BCUT2D eigenvalue weighted by molar-refractivity contribution is -0.124. The summed E-state index contributed by atoms with van der Waals surface area (Å²) in [6.07, 6.45) is 6.00. The van der Waals surface area contributed by atoms with Gasteiger partial charge in [-0.15, -0.1) is 0 Å². The summed E-state index contributed by atoms with van der Waals surface area (Å²) in [4.78, 5) is 20.5. The Balaban J connectivity index is 1.42. The lowest BCUT2D eigenvalue weighted by Gasteiger charge is -2.31. The zero-order valence-corrected chi connectivity index (χ0v) is 19.9. The van der Waals surface area contributed by atoms with Crippen molar-refractivity contribution in [1.82, 2.24) is 20.1 Å². The Hall–Kier alpha value is -3.58. The molecule has 2 atom stereocenters. The van der Waals surface area contributed by atoms with Gasteiger partial charge < -0.3 is 10.2 Å². The van der Waals surface area contributed by atoms with Gasteiger partial charge in [0.15, 0.2) is 5.65 Å². The highest BCUT2D eigenvalue weighted by Crippen LogP contribution is 2.47. The number of aromatic nitrogens is 3. The summed E-state index contributed by atoms with van der Waals surface area (Å²) >= 11 is 0. The Labute approximate surface area is 203 Å². The van der Waals surface area contributed by atoms with Crippen molar-refractivity contribution in [1.29, 1.82) is 0 Å². The van der Waals surface area contributed by atoms with Crippen LogP contribution in [0.2, 0.25) is 0 Å². The Morgan fingerprint density at radius 3 is 2.49 bits per heavy atom. The molecular weight excluding hydrogens is 441 g/mol. The van der Waals surface area contributed by atoms with Crippen LogP contribution < -0.4 is 10.2 Å². The average molecular weight is 470 g/mol. The number of nitrogens with zero attached hydrogens (tertiary/aromatic N) is 4. The molecule has 1 aliphatic carbocycles. The second-order valence-corrected chi connectivity index (χ2v) is 10.2. The third-order valence-electron chi connectivity index (χ3n) is 7.35. The monoisotopic (exact) mass is 469 g/mol. The molecule has 1 aliphatic heterocycles. The molecule has 2 aromatic carbocycles. The van der Waals surface area contributed by atoms with E-state index in [1.165, 1.54) is 25.0 Å². The van der Waals surface area contributed by atoms with Gasteiger partial charge in [-0.2, -0.15) is 5.10 Å².